The fourth-order valence-electron chi connectivity index (χ4n) is 1.54. The van der Waals surface area contributed by atoms with Crippen LogP contribution in [0.25, 0.3) is 0 Å². The number of nitrogens with one attached hydrogen (secondary N) is 1. The molecule has 0 bridgehead atoms. The second kappa shape index (κ2) is 6.14. The molecule has 20 heavy (non-hydrogen) atoms. The fraction of sp³-hybridized carbons (Fsp3) is 1.00. The van der Waals surface area contributed by atoms with Crippen molar-refractivity contribution >= 4 is 20.7 Å². The lowest BCUT2D eigenvalue weighted by Gasteiger charge is -2.39. The van der Waals surface area contributed by atoms with Gasteiger partial charge in [-0.2, -0.15) is 21.6 Å². The molecule has 1 saturated heterocycles. The van der Waals surface area contributed by atoms with Crippen molar-refractivity contribution in [1.29, 1.82) is 0 Å². The van der Waals surface area contributed by atoms with Gasteiger partial charge in [-0.15, -0.1) is 0 Å². The minimum absolute atomic E-state index is 0.938. The van der Waals surface area contributed by atoms with E-state index < -0.39 is 58.0 Å². The SMILES string of the molecule is O=S(=O)(O)NC1C(O)OC(COS(=O)(=O)O)[C@H](O)C1O. The van der Waals surface area contributed by atoms with Gasteiger partial charge in [-0.1, -0.05) is 0 Å². The average molecular weight is 339 g/mol. The summed E-state index contributed by atoms with van der Waals surface area (Å²) >= 11 is 0. The minimum Gasteiger partial charge on any atom is -0.388 e. The van der Waals surface area contributed by atoms with Crippen LogP contribution in [0.5, 0.6) is 0 Å². The Balaban J connectivity index is 2.76. The second-order valence-electron chi connectivity index (χ2n) is 3.88. The molecule has 0 radical (unpaired) electrons. The highest BCUT2D eigenvalue weighted by Gasteiger charge is 2.45. The summed E-state index contributed by atoms with van der Waals surface area (Å²) in [6.07, 6.45) is -7.37. The van der Waals surface area contributed by atoms with Crippen LogP contribution in [0.4, 0.5) is 0 Å². The number of rotatable bonds is 5. The summed E-state index contributed by atoms with van der Waals surface area (Å²) < 4.78 is 68.7. The van der Waals surface area contributed by atoms with E-state index in [0.717, 1.165) is 0 Å². The smallest absolute Gasteiger partial charge is 0.388 e. The highest BCUT2D eigenvalue weighted by molar-refractivity contribution is 7.83. The first-order valence-corrected chi connectivity index (χ1v) is 7.77. The molecule has 5 atom stereocenters. The van der Waals surface area contributed by atoms with Crippen molar-refractivity contribution in [3.8, 4) is 0 Å². The van der Waals surface area contributed by atoms with E-state index in [4.69, 9.17) is 9.11 Å². The number of aliphatic hydroxyl groups excluding tert-OH is 3. The van der Waals surface area contributed by atoms with Gasteiger partial charge in [-0.3, -0.25) is 9.11 Å². The zero-order valence-electron chi connectivity index (χ0n) is 9.60. The first kappa shape index (κ1) is 17.6. The molecule has 1 heterocycles. The zero-order chi connectivity index (χ0) is 15.7. The normalized spacial score (nSPS) is 36.0. The standard InChI is InChI=1S/C6H13NO11S2/c8-4-2(1-17-20(14,15)16)18-6(10)3(5(4)9)7-19(11,12)13/h2-10H,1H2,(H,11,12,13)(H,14,15,16)/t2?,3?,4-,5?,6?/m0/s1. The molecule has 120 valence electrons. The van der Waals surface area contributed by atoms with Crippen LogP contribution < -0.4 is 4.72 Å². The van der Waals surface area contributed by atoms with E-state index in [9.17, 15) is 32.2 Å². The number of hydrogen-bond acceptors (Lipinski definition) is 9. The number of ether oxygens (including phenoxy) is 1. The summed E-state index contributed by atoms with van der Waals surface area (Å²) in [5.41, 5.74) is 0. The largest absolute Gasteiger partial charge is 0.397 e. The molecule has 0 aromatic carbocycles. The van der Waals surface area contributed by atoms with Crippen LogP contribution in [0.3, 0.4) is 0 Å². The Morgan fingerprint density at radius 3 is 2.05 bits per heavy atom. The third-order valence-corrected chi connectivity index (χ3v) is 3.39. The summed E-state index contributed by atoms with van der Waals surface area (Å²) in [6, 6.07) is -1.79. The summed E-state index contributed by atoms with van der Waals surface area (Å²) in [4.78, 5) is 0. The van der Waals surface area contributed by atoms with Gasteiger partial charge in [0.25, 0.3) is 0 Å². The monoisotopic (exact) mass is 339 g/mol. The molecule has 0 aromatic rings. The molecular weight excluding hydrogens is 326 g/mol. The first-order valence-electron chi connectivity index (χ1n) is 4.97. The van der Waals surface area contributed by atoms with E-state index in [1.807, 2.05) is 0 Å². The predicted octanol–water partition coefficient (Wildman–Crippen LogP) is -3.99. The van der Waals surface area contributed by atoms with E-state index in [-0.39, 0.29) is 0 Å². The Labute approximate surface area is 113 Å². The molecule has 1 aliphatic rings. The van der Waals surface area contributed by atoms with Gasteiger partial charge in [0.15, 0.2) is 6.29 Å². The topological polar surface area (TPSA) is 200 Å². The Hall–Kier alpha value is -0.420. The molecule has 1 fully saturated rings. The van der Waals surface area contributed by atoms with E-state index in [1.54, 1.807) is 0 Å². The van der Waals surface area contributed by atoms with Gasteiger partial charge in [0.2, 0.25) is 0 Å². The molecule has 6 N–H and O–H groups in total. The van der Waals surface area contributed by atoms with Gasteiger partial charge in [0, 0.05) is 0 Å². The summed E-state index contributed by atoms with van der Waals surface area (Å²) in [7, 11) is -9.62. The van der Waals surface area contributed by atoms with E-state index in [1.165, 1.54) is 4.72 Å². The van der Waals surface area contributed by atoms with Crippen LogP contribution >= 0.6 is 0 Å². The fourth-order valence-corrected chi connectivity index (χ4v) is 2.44. The van der Waals surface area contributed by atoms with Gasteiger partial charge in [0.1, 0.15) is 24.4 Å². The molecule has 0 spiro atoms. The second-order valence-corrected chi connectivity index (χ2v) is 6.15. The number of aliphatic hydroxyl groups is 3. The molecule has 12 nitrogen and oxygen atoms in total. The van der Waals surface area contributed by atoms with Crippen molar-refractivity contribution in [2.75, 3.05) is 6.61 Å². The van der Waals surface area contributed by atoms with Gasteiger partial charge in [-0.05, 0) is 0 Å². The molecule has 14 heteroatoms. The maximum absolute atomic E-state index is 10.6. The van der Waals surface area contributed by atoms with Crippen molar-refractivity contribution < 1.29 is 50.2 Å². The van der Waals surface area contributed by atoms with E-state index >= 15 is 0 Å². The van der Waals surface area contributed by atoms with Crippen LogP contribution in [0, 0.1) is 0 Å². The third kappa shape index (κ3) is 5.17. The lowest BCUT2D eigenvalue weighted by Crippen LogP contribution is -2.64. The van der Waals surface area contributed by atoms with Gasteiger partial charge < -0.3 is 20.1 Å². The van der Waals surface area contributed by atoms with Crippen LogP contribution in [0.15, 0.2) is 0 Å². The molecular formula is C6H13NO11S2. The Morgan fingerprint density at radius 1 is 1.05 bits per heavy atom. The molecule has 0 aromatic heterocycles. The van der Waals surface area contributed by atoms with Gasteiger partial charge >= 0.3 is 20.7 Å². The Kier molecular flexibility index (Phi) is 5.41. The molecule has 0 aliphatic carbocycles. The van der Waals surface area contributed by atoms with Crippen molar-refractivity contribution in [3.05, 3.63) is 0 Å². The third-order valence-electron chi connectivity index (χ3n) is 2.39. The van der Waals surface area contributed by atoms with Crippen molar-refractivity contribution in [3.63, 3.8) is 0 Å². The average Bonchev–Trinajstić information content (AvgIpc) is 2.25. The Bertz CT molecular complexity index is 527. The Morgan fingerprint density at radius 2 is 1.60 bits per heavy atom. The van der Waals surface area contributed by atoms with E-state index in [2.05, 4.69) is 8.92 Å². The maximum atomic E-state index is 10.6. The molecule has 1 aliphatic heterocycles. The van der Waals surface area contributed by atoms with Gasteiger partial charge in [0.05, 0.1) is 6.61 Å². The van der Waals surface area contributed by atoms with Crippen molar-refractivity contribution in [2.45, 2.75) is 30.6 Å². The zero-order valence-corrected chi connectivity index (χ0v) is 11.2. The quantitative estimate of drug-likeness (QED) is 0.267. The van der Waals surface area contributed by atoms with Gasteiger partial charge in [-0.25, -0.2) is 4.18 Å². The molecule has 0 amide bonds. The highest BCUT2D eigenvalue weighted by atomic mass is 32.3. The highest BCUT2D eigenvalue weighted by Crippen LogP contribution is 2.21. The molecule has 0 saturated carbocycles. The van der Waals surface area contributed by atoms with Crippen LogP contribution in [-0.4, -0.2) is 78.5 Å². The van der Waals surface area contributed by atoms with Crippen molar-refractivity contribution in [2.24, 2.45) is 0 Å². The predicted molar refractivity (Wildman–Crippen MR) is 58.9 cm³/mol. The lowest BCUT2D eigenvalue weighted by atomic mass is 9.98. The lowest BCUT2D eigenvalue weighted by molar-refractivity contribution is -0.250. The minimum atomic E-state index is -4.83. The summed E-state index contributed by atoms with van der Waals surface area (Å²) in [5.74, 6) is 0. The maximum Gasteiger partial charge on any atom is 0.397 e. The van der Waals surface area contributed by atoms with E-state index in [0.29, 0.717) is 0 Å². The number of hydrogen-bond donors (Lipinski definition) is 6. The summed E-state index contributed by atoms with van der Waals surface area (Å²) in [5, 5.41) is 28.6. The molecule has 1 rings (SSSR count). The van der Waals surface area contributed by atoms with Crippen molar-refractivity contribution in [1.82, 2.24) is 4.72 Å². The first-order chi connectivity index (χ1) is 8.91. The van der Waals surface area contributed by atoms with Crippen LogP contribution in [0.1, 0.15) is 0 Å². The summed E-state index contributed by atoms with van der Waals surface area (Å²) in [6.45, 7) is -0.938. The van der Waals surface area contributed by atoms with Crippen LogP contribution in [-0.2, 0) is 29.6 Å². The van der Waals surface area contributed by atoms with Crippen LogP contribution in [0.2, 0.25) is 0 Å². The molecule has 4 unspecified atom stereocenters.